The van der Waals surface area contributed by atoms with Crippen LogP contribution < -0.4 is 10.6 Å². The Hall–Kier alpha value is -7.56. The van der Waals surface area contributed by atoms with E-state index in [1.807, 2.05) is 0 Å². The molecule has 8 aromatic carbocycles. The highest BCUT2D eigenvalue weighted by molar-refractivity contribution is 6.39. The molecule has 0 radical (unpaired) electrons. The molecule has 4 nitrogen and oxygen atoms in total. The predicted octanol–water partition coefficient (Wildman–Crippen LogP) is 12.7. The van der Waals surface area contributed by atoms with E-state index in [0.29, 0.717) is 5.92 Å². The topological polar surface area (TPSA) is 17.6 Å². The fourth-order valence-corrected chi connectivity index (χ4v) is 12.8. The van der Waals surface area contributed by atoms with E-state index in [9.17, 15) is 0 Å². The van der Waals surface area contributed by atoms with Crippen molar-refractivity contribution >= 4 is 154 Å². The summed E-state index contributed by atoms with van der Waals surface area (Å²) in [4.78, 5) is 0. The zero-order valence-electron chi connectivity index (χ0n) is 31.9. The molecule has 0 N–H and O–H groups in total. The van der Waals surface area contributed by atoms with Crippen LogP contribution in [-0.2, 0) is 0 Å². The molecule has 17 rings (SSSR count). The molecule has 0 aliphatic heterocycles. The number of fused-ring (bicyclic) bond motifs is 26. The molecule has 0 fully saturated rings. The van der Waals surface area contributed by atoms with Gasteiger partial charge in [0.15, 0.2) is 0 Å². The number of rotatable bonds is 0. The molecule has 1 atom stereocenters. The van der Waals surface area contributed by atoms with Crippen molar-refractivity contribution in [3.05, 3.63) is 144 Å². The number of benzene rings is 8. The van der Waals surface area contributed by atoms with Crippen LogP contribution in [0.3, 0.4) is 0 Å². The lowest BCUT2D eigenvalue weighted by atomic mass is 9.99. The minimum absolute atomic E-state index is 0.506. The number of hydrogen-bond donors (Lipinski definition) is 0. The summed E-state index contributed by atoms with van der Waals surface area (Å²) in [6.45, 7) is 2.35. The van der Waals surface area contributed by atoms with Crippen LogP contribution in [0.5, 0.6) is 0 Å². The van der Waals surface area contributed by atoms with Gasteiger partial charge in [-0.3, -0.25) is 0 Å². The lowest BCUT2D eigenvalue weighted by Crippen LogP contribution is -2.29. The van der Waals surface area contributed by atoms with E-state index in [1.54, 1.807) is 0 Å². The number of hydrogen-bond acceptors (Lipinski definition) is 0. The predicted molar refractivity (Wildman–Crippen MR) is 250 cm³/mol. The fraction of sp³-hybridized carbons (Fsp3) is 0.0545. The lowest BCUT2D eigenvalue weighted by molar-refractivity contribution is 0.796. The standard InChI is InChI=1S/C55H30N4/c1-27-20-21-29-31-14-9-16-33-39-24-41-37-26-46-36(25-47(37)57-44-19-7-4-12-35(44)49(53(41)57)55(39)59(51(31)33)45(29)22-27)40-23-38-32-15-8-13-30-28-10-2-5-17-42(28)58(50(30)32)54(38)48-34-11-3-6-18-43(34)56(46)52(40)48/h2-19,21-27H,20H2,1H3. The summed E-state index contributed by atoms with van der Waals surface area (Å²) in [5.74, 6) is 0.506. The van der Waals surface area contributed by atoms with Crippen LogP contribution in [-0.4, -0.2) is 17.6 Å². The first-order valence-corrected chi connectivity index (χ1v) is 21.0. The maximum absolute atomic E-state index is 2.62. The van der Waals surface area contributed by atoms with Crippen molar-refractivity contribution in [1.82, 2.24) is 17.6 Å². The van der Waals surface area contributed by atoms with Crippen LogP contribution >= 0.6 is 0 Å². The molecule has 59 heavy (non-hydrogen) atoms. The van der Waals surface area contributed by atoms with Gasteiger partial charge in [-0.1, -0.05) is 110 Å². The van der Waals surface area contributed by atoms with E-state index in [1.165, 1.54) is 152 Å². The van der Waals surface area contributed by atoms with Gasteiger partial charge in [-0.2, -0.15) is 0 Å². The van der Waals surface area contributed by atoms with E-state index in [2.05, 4.69) is 170 Å². The van der Waals surface area contributed by atoms with Gasteiger partial charge in [0.05, 0.1) is 66.0 Å². The number of aromatic nitrogens is 4. The maximum Gasteiger partial charge on any atom is 0.0642 e. The normalized spacial score (nSPS) is 15.6. The average Bonchev–Trinajstić information content (AvgIpc) is 4.15. The van der Waals surface area contributed by atoms with Crippen molar-refractivity contribution in [2.45, 2.75) is 13.3 Å². The summed E-state index contributed by atoms with van der Waals surface area (Å²) in [6, 6.07) is 51.1. The third-order valence-electron chi connectivity index (χ3n) is 14.9. The Kier molecular flexibility index (Phi) is 4.43. The van der Waals surface area contributed by atoms with E-state index in [-0.39, 0.29) is 0 Å². The third kappa shape index (κ3) is 2.89. The Labute approximate surface area is 333 Å². The SMILES string of the molecule is CC1C=c2c(c3cccc4c5cc6c7cc8c(cc7n7c9ccccc9c(c5n2c34)c67)c2cc3c4cccc5c6ccccc6n(c54)c3c3c4ccccc4n8c23)=CC1. The second kappa shape index (κ2) is 9.09. The molecule has 16 aromatic rings. The molecular formula is C55H30N4. The van der Waals surface area contributed by atoms with Crippen molar-refractivity contribution < 1.29 is 0 Å². The van der Waals surface area contributed by atoms with Gasteiger partial charge >= 0.3 is 0 Å². The van der Waals surface area contributed by atoms with Gasteiger partial charge < -0.3 is 17.6 Å². The highest BCUT2D eigenvalue weighted by atomic mass is 15.0. The van der Waals surface area contributed by atoms with Crippen molar-refractivity contribution in [2.24, 2.45) is 5.92 Å². The van der Waals surface area contributed by atoms with Crippen LogP contribution in [0.25, 0.3) is 154 Å². The van der Waals surface area contributed by atoms with Gasteiger partial charge in [0.1, 0.15) is 0 Å². The largest absolute Gasteiger partial charge is 0.308 e. The summed E-state index contributed by atoms with van der Waals surface area (Å²) in [6.07, 6.45) is 6.08. The fourth-order valence-electron chi connectivity index (χ4n) is 12.8. The monoisotopic (exact) mass is 746 g/mol. The molecule has 1 aliphatic carbocycles. The van der Waals surface area contributed by atoms with E-state index >= 15 is 0 Å². The first-order chi connectivity index (χ1) is 29.2. The molecule has 0 bridgehead atoms. The van der Waals surface area contributed by atoms with E-state index in [4.69, 9.17) is 0 Å². The zero-order chi connectivity index (χ0) is 37.7. The van der Waals surface area contributed by atoms with Crippen LogP contribution in [0.4, 0.5) is 0 Å². The molecule has 0 spiro atoms. The Balaban J connectivity index is 1.13. The minimum Gasteiger partial charge on any atom is -0.308 e. The molecular weight excluding hydrogens is 717 g/mol. The van der Waals surface area contributed by atoms with Crippen molar-refractivity contribution in [3.63, 3.8) is 0 Å². The minimum atomic E-state index is 0.506. The molecule has 1 unspecified atom stereocenters. The second-order valence-corrected chi connectivity index (χ2v) is 17.7. The van der Waals surface area contributed by atoms with Crippen molar-refractivity contribution in [2.75, 3.05) is 0 Å². The summed E-state index contributed by atoms with van der Waals surface area (Å²) in [5.41, 5.74) is 14.3. The summed E-state index contributed by atoms with van der Waals surface area (Å²) >= 11 is 0. The van der Waals surface area contributed by atoms with Crippen molar-refractivity contribution in [1.29, 1.82) is 0 Å². The Morgan fingerprint density at radius 1 is 0.356 bits per heavy atom. The van der Waals surface area contributed by atoms with E-state index in [0.717, 1.165) is 6.42 Å². The highest BCUT2D eigenvalue weighted by Gasteiger charge is 2.29. The van der Waals surface area contributed by atoms with Gasteiger partial charge in [0.25, 0.3) is 0 Å². The quantitative estimate of drug-likeness (QED) is 0.147. The molecule has 8 aromatic heterocycles. The molecule has 4 heteroatoms. The summed E-state index contributed by atoms with van der Waals surface area (Å²) < 4.78 is 10.4. The first-order valence-electron chi connectivity index (χ1n) is 21.0. The second-order valence-electron chi connectivity index (χ2n) is 17.7. The highest BCUT2D eigenvalue weighted by Crippen LogP contribution is 2.51. The average molecular weight is 747 g/mol. The molecule has 1 aliphatic rings. The van der Waals surface area contributed by atoms with E-state index < -0.39 is 0 Å². The number of para-hydroxylation sites is 5. The van der Waals surface area contributed by atoms with Crippen molar-refractivity contribution in [3.8, 4) is 0 Å². The van der Waals surface area contributed by atoms with Crippen LogP contribution in [0.2, 0.25) is 0 Å². The Morgan fingerprint density at radius 3 is 1.41 bits per heavy atom. The number of nitrogens with zero attached hydrogens (tertiary/aromatic N) is 4. The maximum atomic E-state index is 2.62. The Bertz CT molecular complexity index is 4760. The summed E-state index contributed by atoms with van der Waals surface area (Å²) in [7, 11) is 0. The molecule has 0 saturated carbocycles. The van der Waals surface area contributed by atoms with Crippen LogP contribution in [0.1, 0.15) is 13.3 Å². The zero-order valence-corrected chi connectivity index (χ0v) is 31.9. The van der Waals surface area contributed by atoms with Gasteiger partial charge in [-0.15, -0.1) is 0 Å². The van der Waals surface area contributed by atoms with Gasteiger partial charge in [0, 0.05) is 86.0 Å². The summed E-state index contributed by atoms with van der Waals surface area (Å²) in [5, 5.41) is 22.7. The smallest absolute Gasteiger partial charge is 0.0642 e. The van der Waals surface area contributed by atoms with Gasteiger partial charge in [-0.25, -0.2) is 0 Å². The molecule has 0 amide bonds. The first kappa shape index (κ1) is 28.8. The van der Waals surface area contributed by atoms with Gasteiger partial charge in [0.2, 0.25) is 0 Å². The Morgan fingerprint density at radius 2 is 0.797 bits per heavy atom. The third-order valence-corrected chi connectivity index (χ3v) is 14.9. The van der Waals surface area contributed by atoms with Gasteiger partial charge in [-0.05, 0) is 54.8 Å². The van der Waals surface area contributed by atoms with Crippen LogP contribution in [0.15, 0.2) is 133 Å². The molecule has 0 saturated heterocycles. The molecule has 270 valence electrons. The lowest BCUT2D eigenvalue weighted by Gasteiger charge is -2.07. The van der Waals surface area contributed by atoms with Crippen LogP contribution in [0, 0.1) is 5.92 Å². The molecule has 8 heterocycles.